The van der Waals surface area contributed by atoms with Crippen LogP contribution in [0.15, 0.2) is 0 Å². The molecule has 0 radical (unpaired) electrons. The third-order valence-corrected chi connectivity index (χ3v) is 2.50. The molecular weight excluding hydrogens is 170 g/mol. The number of aldehydes is 1. The van der Waals surface area contributed by atoms with Gasteiger partial charge in [0.2, 0.25) is 0 Å². The number of alkyl halides is 2. The number of hydrogen-bond acceptors (Lipinski definition) is 3. The Bertz CT molecular complexity index is 219. The van der Waals surface area contributed by atoms with Crippen molar-refractivity contribution in [2.75, 3.05) is 0 Å². The molecule has 1 saturated heterocycles. The molecule has 0 bridgehead atoms. The van der Waals surface area contributed by atoms with E-state index in [4.69, 9.17) is 5.11 Å². The van der Waals surface area contributed by atoms with Crippen LogP contribution < -0.4 is 0 Å². The molecule has 1 aliphatic carbocycles. The van der Waals surface area contributed by atoms with E-state index in [1.54, 1.807) is 0 Å². The summed E-state index contributed by atoms with van der Waals surface area (Å²) in [6.45, 7) is 0. The molecule has 1 N–H and O–H groups in total. The normalized spacial score (nSPS) is 48.6. The first-order valence-corrected chi connectivity index (χ1v) is 3.74. The summed E-state index contributed by atoms with van der Waals surface area (Å²) in [5, 5.41) is 9.06. The third-order valence-electron chi connectivity index (χ3n) is 2.50. The molecule has 2 rings (SSSR count). The average Bonchev–Trinajstić information content (AvgIpc) is 2.74. The Kier molecular flexibility index (Phi) is 1.50. The average molecular weight is 178 g/mol. The minimum atomic E-state index is -3.17. The lowest BCUT2D eigenvalue weighted by Crippen LogP contribution is -2.38. The van der Waals surface area contributed by atoms with Gasteiger partial charge in [-0.15, -0.1) is 0 Å². The number of halogens is 2. The Morgan fingerprint density at radius 1 is 1.58 bits per heavy atom. The van der Waals surface area contributed by atoms with Crippen molar-refractivity contribution in [3.05, 3.63) is 0 Å². The molecule has 1 heterocycles. The fraction of sp³-hybridized carbons (Fsp3) is 0.857. The summed E-state index contributed by atoms with van der Waals surface area (Å²) >= 11 is 0. The summed E-state index contributed by atoms with van der Waals surface area (Å²) in [6.07, 6.45) is -3.00. The molecule has 0 amide bonds. The number of hydrogen-bond donors (Lipinski definition) is 1. The van der Waals surface area contributed by atoms with Crippen molar-refractivity contribution in [2.45, 2.75) is 30.7 Å². The van der Waals surface area contributed by atoms with Crippen molar-refractivity contribution < 1.29 is 23.4 Å². The molecule has 0 spiro atoms. The van der Waals surface area contributed by atoms with Gasteiger partial charge in [-0.2, -0.15) is 0 Å². The van der Waals surface area contributed by atoms with Crippen LogP contribution in [-0.4, -0.2) is 35.6 Å². The van der Waals surface area contributed by atoms with E-state index < -0.39 is 30.2 Å². The number of carbonyl (C=O) groups excluding carboxylic acids is 1. The largest absolute Gasteiger partial charge is 0.386 e. The molecule has 5 heteroatoms. The van der Waals surface area contributed by atoms with Crippen molar-refractivity contribution in [3.8, 4) is 0 Å². The summed E-state index contributed by atoms with van der Waals surface area (Å²) in [4.78, 5) is 10.1. The lowest BCUT2D eigenvalue weighted by molar-refractivity contribution is -0.141. The molecule has 0 aromatic carbocycles. The van der Waals surface area contributed by atoms with Crippen LogP contribution in [0.5, 0.6) is 0 Å². The Morgan fingerprint density at radius 2 is 2.25 bits per heavy atom. The van der Waals surface area contributed by atoms with E-state index in [2.05, 4.69) is 4.74 Å². The summed E-state index contributed by atoms with van der Waals surface area (Å²) < 4.78 is 30.3. The second-order valence-electron chi connectivity index (χ2n) is 3.21. The van der Waals surface area contributed by atoms with E-state index in [0.29, 0.717) is 6.29 Å². The highest BCUT2D eigenvalue weighted by atomic mass is 19.3. The second-order valence-corrected chi connectivity index (χ2v) is 3.21. The molecule has 1 aliphatic heterocycles. The third kappa shape index (κ3) is 0.834. The van der Waals surface area contributed by atoms with Gasteiger partial charge in [-0.3, -0.25) is 0 Å². The van der Waals surface area contributed by atoms with E-state index in [1.807, 2.05) is 0 Å². The van der Waals surface area contributed by atoms with E-state index >= 15 is 0 Å². The van der Waals surface area contributed by atoms with Gasteiger partial charge >= 0.3 is 5.92 Å². The molecule has 0 aromatic heterocycles. The fourth-order valence-corrected chi connectivity index (χ4v) is 1.77. The standard InChI is InChI=1S/C7H8F2O3/c8-7(9)5(11)3(1-2-10)4-6(7)12-4/h2-6,11H,1H2. The summed E-state index contributed by atoms with van der Waals surface area (Å²) in [6, 6.07) is 0. The predicted molar refractivity (Wildman–Crippen MR) is 33.8 cm³/mol. The van der Waals surface area contributed by atoms with E-state index in [9.17, 15) is 13.6 Å². The van der Waals surface area contributed by atoms with Gasteiger partial charge in [-0.05, 0) is 0 Å². The number of aliphatic hydroxyl groups is 1. The van der Waals surface area contributed by atoms with Gasteiger partial charge < -0.3 is 14.6 Å². The molecule has 68 valence electrons. The van der Waals surface area contributed by atoms with Crippen molar-refractivity contribution in [3.63, 3.8) is 0 Å². The SMILES string of the molecule is O=CCC1C2OC2C(F)(F)C1O. The van der Waals surface area contributed by atoms with Crippen LogP contribution in [0.3, 0.4) is 0 Å². The summed E-state index contributed by atoms with van der Waals surface area (Å²) in [7, 11) is 0. The maximum Gasteiger partial charge on any atom is 0.301 e. The van der Waals surface area contributed by atoms with Gasteiger partial charge in [0.05, 0.1) is 6.10 Å². The van der Waals surface area contributed by atoms with Gasteiger partial charge in [0.1, 0.15) is 12.4 Å². The zero-order chi connectivity index (χ0) is 8.93. The Hall–Kier alpha value is -0.550. The van der Waals surface area contributed by atoms with Crippen LogP contribution in [0.1, 0.15) is 6.42 Å². The minimum absolute atomic E-state index is 0.0576. The van der Waals surface area contributed by atoms with E-state index in [-0.39, 0.29) is 6.42 Å². The molecule has 3 nitrogen and oxygen atoms in total. The minimum Gasteiger partial charge on any atom is -0.386 e. The number of epoxide rings is 1. The molecule has 4 atom stereocenters. The maximum absolute atomic E-state index is 12.9. The Balaban J connectivity index is 2.14. The monoisotopic (exact) mass is 178 g/mol. The predicted octanol–water partition coefficient (Wildman–Crippen LogP) is -0.0312. The van der Waals surface area contributed by atoms with Crippen LogP contribution in [0.25, 0.3) is 0 Å². The zero-order valence-corrected chi connectivity index (χ0v) is 6.11. The number of fused-ring (bicyclic) bond motifs is 1. The van der Waals surface area contributed by atoms with Crippen LogP contribution in [0.4, 0.5) is 8.78 Å². The quantitative estimate of drug-likeness (QED) is 0.477. The molecule has 1 saturated carbocycles. The maximum atomic E-state index is 12.9. The van der Waals surface area contributed by atoms with E-state index in [1.165, 1.54) is 0 Å². The molecule has 0 aromatic rings. The van der Waals surface area contributed by atoms with Gasteiger partial charge in [0, 0.05) is 12.3 Å². The molecule has 12 heavy (non-hydrogen) atoms. The lowest BCUT2D eigenvalue weighted by atomic mass is 10.0. The number of ether oxygens (including phenoxy) is 1. The highest BCUT2D eigenvalue weighted by molar-refractivity contribution is 5.51. The first-order chi connectivity index (χ1) is 5.59. The van der Waals surface area contributed by atoms with Gasteiger partial charge in [-0.25, -0.2) is 8.78 Å². The van der Waals surface area contributed by atoms with Gasteiger partial charge in [-0.1, -0.05) is 0 Å². The molecule has 4 unspecified atom stereocenters. The molecule has 2 fully saturated rings. The highest BCUT2D eigenvalue weighted by Gasteiger charge is 2.72. The lowest BCUT2D eigenvalue weighted by Gasteiger charge is -2.20. The van der Waals surface area contributed by atoms with Crippen molar-refractivity contribution >= 4 is 6.29 Å². The van der Waals surface area contributed by atoms with Crippen LogP contribution in [-0.2, 0) is 9.53 Å². The molecular formula is C7H8F2O3. The van der Waals surface area contributed by atoms with Gasteiger partial charge in [0.15, 0.2) is 6.10 Å². The summed E-state index contributed by atoms with van der Waals surface area (Å²) in [5.41, 5.74) is 0. The highest BCUT2D eigenvalue weighted by Crippen LogP contribution is 2.53. The fourth-order valence-electron chi connectivity index (χ4n) is 1.77. The number of carbonyl (C=O) groups is 1. The topological polar surface area (TPSA) is 49.8 Å². The van der Waals surface area contributed by atoms with Crippen LogP contribution in [0.2, 0.25) is 0 Å². The van der Waals surface area contributed by atoms with Crippen molar-refractivity contribution in [1.29, 1.82) is 0 Å². The second kappa shape index (κ2) is 2.23. The van der Waals surface area contributed by atoms with Crippen LogP contribution in [0, 0.1) is 5.92 Å². The number of rotatable bonds is 2. The van der Waals surface area contributed by atoms with Crippen LogP contribution >= 0.6 is 0 Å². The Morgan fingerprint density at radius 3 is 2.67 bits per heavy atom. The smallest absolute Gasteiger partial charge is 0.301 e. The van der Waals surface area contributed by atoms with E-state index in [0.717, 1.165) is 0 Å². The zero-order valence-electron chi connectivity index (χ0n) is 6.11. The first kappa shape index (κ1) is 8.07. The van der Waals surface area contributed by atoms with Crippen molar-refractivity contribution in [1.82, 2.24) is 0 Å². The van der Waals surface area contributed by atoms with Crippen molar-refractivity contribution in [2.24, 2.45) is 5.92 Å². The first-order valence-electron chi connectivity index (χ1n) is 3.74. The van der Waals surface area contributed by atoms with Gasteiger partial charge in [0.25, 0.3) is 0 Å². The Labute approximate surface area is 67.3 Å². The number of aliphatic hydroxyl groups excluding tert-OH is 1. The molecule has 2 aliphatic rings. The summed E-state index contributed by atoms with van der Waals surface area (Å²) in [5.74, 6) is -3.89.